The highest BCUT2D eigenvalue weighted by atomic mass is 127. The largest absolute Gasteiger partial charge is 0.469 e. The van der Waals surface area contributed by atoms with Crippen molar-refractivity contribution in [3.63, 3.8) is 0 Å². The van der Waals surface area contributed by atoms with E-state index in [4.69, 9.17) is 4.74 Å². The quantitative estimate of drug-likeness (QED) is 0.338. The van der Waals surface area contributed by atoms with Crippen molar-refractivity contribution in [3.8, 4) is 0 Å². The van der Waals surface area contributed by atoms with Crippen molar-refractivity contribution in [1.82, 2.24) is 19.8 Å². The number of hydrogen-bond acceptors (Lipinski definition) is 4. The smallest absolute Gasteiger partial charge is 0.310 e. The molecule has 1 aliphatic heterocycles. The van der Waals surface area contributed by atoms with Crippen molar-refractivity contribution in [2.75, 3.05) is 33.8 Å². The minimum atomic E-state index is -0.140. The van der Waals surface area contributed by atoms with Gasteiger partial charge in [0.2, 0.25) is 0 Å². The molecular weight excluding hydrogens is 397 g/mol. The predicted molar refractivity (Wildman–Crippen MR) is 95.2 cm³/mol. The topological polar surface area (TPSA) is 71.8 Å². The molecule has 0 aliphatic carbocycles. The van der Waals surface area contributed by atoms with Crippen LogP contribution in [0.5, 0.6) is 0 Å². The Bertz CT molecular complexity index is 491. The average Bonchev–Trinajstić information content (AvgIpc) is 3.12. The number of likely N-dealkylation sites (tertiary alicyclic amines) is 1. The lowest BCUT2D eigenvalue weighted by Gasteiger charge is -2.21. The minimum Gasteiger partial charge on any atom is -0.469 e. The highest BCUT2D eigenvalue weighted by Crippen LogP contribution is 2.23. The van der Waals surface area contributed by atoms with E-state index in [1.165, 1.54) is 7.11 Å². The maximum absolute atomic E-state index is 11.7. The molecular formula is C14H24IN5O2. The Kier molecular flexibility index (Phi) is 7.63. The molecule has 1 aliphatic rings. The number of carbonyl (C=O) groups is 1. The van der Waals surface area contributed by atoms with Crippen molar-refractivity contribution < 1.29 is 9.53 Å². The molecule has 124 valence electrons. The van der Waals surface area contributed by atoms with Crippen LogP contribution in [0.25, 0.3) is 0 Å². The van der Waals surface area contributed by atoms with Crippen LogP contribution in [0.2, 0.25) is 0 Å². The van der Waals surface area contributed by atoms with Gasteiger partial charge in [-0.3, -0.25) is 9.79 Å². The van der Waals surface area contributed by atoms with Gasteiger partial charge in [-0.2, -0.15) is 0 Å². The van der Waals surface area contributed by atoms with Gasteiger partial charge in [0.1, 0.15) is 0 Å². The van der Waals surface area contributed by atoms with E-state index in [0.29, 0.717) is 6.54 Å². The number of methoxy groups -OCH3 is 1. The number of nitrogens with one attached hydrogen (secondary N) is 1. The van der Waals surface area contributed by atoms with Crippen LogP contribution in [0.4, 0.5) is 0 Å². The van der Waals surface area contributed by atoms with Crippen molar-refractivity contribution in [2.45, 2.75) is 13.5 Å². The van der Waals surface area contributed by atoms with E-state index >= 15 is 0 Å². The van der Waals surface area contributed by atoms with E-state index in [-0.39, 0.29) is 41.8 Å². The number of carbonyl (C=O) groups excluding carboxylic acids is 1. The Morgan fingerprint density at radius 2 is 2.27 bits per heavy atom. The highest BCUT2D eigenvalue weighted by Gasteiger charge is 2.36. The van der Waals surface area contributed by atoms with Gasteiger partial charge >= 0.3 is 5.97 Å². The van der Waals surface area contributed by atoms with Crippen molar-refractivity contribution in [3.05, 3.63) is 18.7 Å². The SMILES string of the molecule is CN=C(NCCn1ccnc1)N1CC(C)C(C(=O)OC)C1.I. The molecule has 1 aromatic rings. The number of esters is 1. The summed E-state index contributed by atoms with van der Waals surface area (Å²) in [6, 6.07) is 0. The number of aliphatic imine (C=N–C) groups is 1. The van der Waals surface area contributed by atoms with Crippen LogP contribution in [-0.2, 0) is 16.1 Å². The van der Waals surface area contributed by atoms with Gasteiger partial charge in [0.15, 0.2) is 5.96 Å². The van der Waals surface area contributed by atoms with E-state index in [0.717, 1.165) is 25.6 Å². The zero-order valence-electron chi connectivity index (χ0n) is 13.2. The Labute approximate surface area is 148 Å². The molecule has 2 atom stereocenters. The van der Waals surface area contributed by atoms with Gasteiger partial charge in [-0.05, 0) is 5.92 Å². The summed E-state index contributed by atoms with van der Waals surface area (Å²) in [5, 5.41) is 3.32. The monoisotopic (exact) mass is 421 g/mol. The summed E-state index contributed by atoms with van der Waals surface area (Å²) >= 11 is 0. The maximum Gasteiger partial charge on any atom is 0.310 e. The first-order chi connectivity index (χ1) is 10.2. The third-order valence-electron chi connectivity index (χ3n) is 3.84. The number of hydrogen-bond donors (Lipinski definition) is 1. The molecule has 1 N–H and O–H groups in total. The second kappa shape index (κ2) is 8.96. The number of aromatic nitrogens is 2. The molecule has 1 aromatic heterocycles. The number of rotatable bonds is 4. The van der Waals surface area contributed by atoms with Crippen LogP contribution in [0.1, 0.15) is 6.92 Å². The van der Waals surface area contributed by atoms with Crippen LogP contribution in [0.3, 0.4) is 0 Å². The zero-order valence-corrected chi connectivity index (χ0v) is 15.6. The van der Waals surface area contributed by atoms with Gasteiger partial charge in [-0.1, -0.05) is 6.92 Å². The molecule has 0 aromatic carbocycles. The zero-order chi connectivity index (χ0) is 15.2. The lowest BCUT2D eigenvalue weighted by Crippen LogP contribution is -2.41. The standard InChI is InChI=1S/C14H23N5O2.HI/c1-11-8-19(9-12(11)13(20)21-3)14(15-2)17-5-7-18-6-4-16-10-18;/h4,6,10-12H,5,7-9H2,1-3H3,(H,15,17);1H. The van der Waals surface area contributed by atoms with Gasteiger partial charge in [-0.25, -0.2) is 4.98 Å². The van der Waals surface area contributed by atoms with Crippen LogP contribution >= 0.6 is 24.0 Å². The average molecular weight is 421 g/mol. The second-order valence-corrected chi connectivity index (χ2v) is 5.29. The Morgan fingerprint density at radius 3 is 2.86 bits per heavy atom. The predicted octanol–water partition coefficient (Wildman–Crippen LogP) is 0.817. The van der Waals surface area contributed by atoms with Gasteiger partial charge in [-0.15, -0.1) is 24.0 Å². The van der Waals surface area contributed by atoms with Crippen LogP contribution < -0.4 is 5.32 Å². The molecule has 0 saturated carbocycles. The van der Waals surface area contributed by atoms with Crippen molar-refractivity contribution in [2.24, 2.45) is 16.8 Å². The molecule has 1 fully saturated rings. The third kappa shape index (κ3) is 4.59. The molecule has 2 heterocycles. The normalized spacial score (nSPS) is 21.4. The first-order valence-electron chi connectivity index (χ1n) is 7.15. The summed E-state index contributed by atoms with van der Waals surface area (Å²) in [4.78, 5) is 22.1. The number of nitrogens with zero attached hydrogens (tertiary/aromatic N) is 4. The summed E-state index contributed by atoms with van der Waals surface area (Å²) in [5.74, 6) is 0.874. The van der Waals surface area contributed by atoms with Crippen molar-refractivity contribution in [1.29, 1.82) is 0 Å². The number of guanidine groups is 1. The van der Waals surface area contributed by atoms with Crippen LogP contribution in [0.15, 0.2) is 23.7 Å². The fourth-order valence-electron chi connectivity index (χ4n) is 2.65. The van der Waals surface area contributed by atoms with Gasteiger partial charge in [0, 0.05) is 45.6 Å². The summed E-state index contributed by atoms with van der Waals surface area (Å²) in [7, 11) is 3.20. The first-order valence-corrected chi connectivity index (χ1v) is 7.15. The van der Waals surface area contributed by atoms with Crippen molar-refractivity contribution >= 4 is 35.9 Å². The second-order valence-electron chi connectivity index (χ2n) is 5.29. The summed E-state index contributed by atoms with van der Waals surface area (Å²) in [5.41, 5.74) is 0. The molecule has 8 heteroatoms. The van der Waals surface area contributed by atoms with E-state index < -0.39 is 0 Å². The number of ether oxygens (including phenoxy) is 1. The fourth-order valence-corrected chi connectivity index (χ4v) is 2.65. The van der Waals surface area contributed by atoms with Crippen LogP contribution in [-0.4, -0.2) is 60.2 Å². The Morgan fingerprint density at radius 1 is 1.50 bits per heavy atom. The number of imidazole rings is 1. The van der Waals surface area contributed by atoms with Crippen LogP contribution in [0, 0.1) is 11.8 Å². The molecule has 0 bridgehead atoms. The molecule has 0 radical (unpaired) electrons. The first kappa shape index (κ1) is 18.7. The molecule has 7 nitrogen and oxygen atoms in total. The third-order valence-corrected chi connectivity index (χ3v) is 3.84. The summed E-state index contributed by atoms with van der Waals surface area (Å²) in [6.45, 7) is 5.11. The summed E-state index contributed by atoms with van der Waals surface area (Å²) in [6.07, 6.45) is 5.48. The molecule has 22 heavy (non-hydrogen) atoms. The fraction of sp³-hybridized carbons (Fsp3) is 0.643. The van der Waals surface area contributed by atoms with E-state index in [9.17, 15) is 4.79 Å². The lowest BCUT2D eigenvalue weighted by atomic mass is 9.99. The molecule has 0 amide bonds. The maximum atomic E-state index is 11.7. The van der Waals surface area contributed by atoms with E-state index in [2.05, 4.69) is 27.1 Å². The summed E-state index contributed by atoms with van der Waals surface area (Å²) < 4.78 is 6.86. The van der Waals surface area contributed by atoms with Gasteiger partial charge in [0.25, 0.3) is 0 Å². The molecule has 0 spiro atoms. The number of halogens is 1. The Hall–Kier alpha value is -1.32. The molecule has 1 saturated heterocycles. The molecule has 2 rings (SSSR count). The van der Waals surface area contributed by atoms with Gasteiger partial charge in [0.05, 0.1) is 19.4 Å². The lowest BCUT2D eigenvalue weighted by molar-refractivity contribution is -0.145. The Balaban J connectivity index is 0.00000242. The highest BCUT2D eigenvalue weighted by molar-refractivity contribution is 14.0. The molecule has 2 unspecified atom stereocenters. The van der Waals surface area contributed by atoms with E-state index in [1.807, 2.05) is 10.8 Å². The minimum absolute atomic E-state index is 0. The van der Waals surface area contributed by atoms with E-state index in [1.54, 1.807) is 19.6 Å². The van der Waals surface area contributed by atoms with Gasteiger partial charge < -0.3 is 19.5 Å².